The molecule has 4 rings (SSSR count). The van der Waals surface area contributed by atoms with Gasteiger partial charge in [0, 0.05) is 16.6 Å². The minimum Gasteiger partial charge on any atom is -0.371 e. The van der Waals surface area contributed by atoms with Crippen LogP contribution in [-0.4, -0.2) is 22.1 Å². The van der Waals surface area contributed by atoms with E-state index in [1.54, 1.807) is 38.7 Å². The molecule has 1 aliphatic heterocycles. The van der Waals surface area contributed by atoms with Crippen molar-refractivity contribution < 1.29 is 43.9 Å². The van der Waals surface area contributed by atoms with Gasteiger partial charge in [0.05, 0.1) is 0 Å². The molecule has 1 fully saturated rings. The van der Waals surface area contributed by atoms with Crippen molar-refractivity contribution in [2.45, 2.75) is 65.0 Å². The minimum atomic E-state index is -4.47. The number of rotatable bonds is 4. The Morgan fingerprint density at radius 1 is 0.636 bits per heavy atom. The summed E-state index contributed by atoms with van der Waals surface area (Å²) in [6.07, 6.45) is -1.41. The van der Waals surface area contributed by atoms with E-state index in [0.29, 0.717) is 12.8 Å². The van der Waals surface area contributed by atoms with Gasteiger partial charge in [0.25, 0.3) is 0 Å². The van der Waals surface area contributed by atoms with Gasteiger partial charge >= 0.3 is 0 Å². The molecule has 44 heavy (non-hydrogen) atoms. The molecule has 1 saturated heterocycles. The Bertz CT molecular complexity index is 1580. The molecular weight excluding hydrogens is 599 g/mol. The molecule has 234 valence electrons. The third kappa shape index (κ3) is 5.24. The predicted octanol–water partition coefficient (Wildman–Crippen LogP) is 7.72. The summed E-state index contributed by atoms with van der Waals surface area (Å²) >= 11 is 0. The number of hydrogen-bond donors (Lipinski definition) is 0. The topological polar surface area (TPSA) is 3.24 Å². The van der Waals surface area contributed by atoms with Crippen LogP contribution in [0, 0.1) is 69.9 Å². The zero-order valence-electron chi connectivity index (χ0n) is 24.4. The first kappa shape index (κ1) is 33.0. The zero-order chi connectivity index (χ0) is 32.9. The second-order valence-electron chi connectivity index (χ2n) is 12.2. The molecule has 3 aromatic carbocycles. The third-order valence-electron chi connectivity index (χ3n) is 8.46. The normalized spacial score (nSPS) is 16.5. The summed E-state index contributed by atoms with van der Waals surface area (Å²) in [5.74, 6) is -20.5. The Morgan fingerprint density at radius 3 is 1.39 bits per heavy atom. The van der Waals surface area contributed by atoms with Gasteiger partial charge in [-0.3, -0.25) is 5.82 Å². The molecule has 1 aliphatic rings. The Hall–Kier alpha value is -3.88. The fraction of sp³-hybridized carbons (Fsp3) is 0.312. The van der Waals surface area contributed by atoms with Crippen LogP contribution < -0.4 is 10.9 Å². The summed E-state index contributed by atoms with van der Waals surface area (Å²) in [7, 11) is 0. The predicted molar refractivity (Wildman–Crippen MR) is 148 cm³/mol. The summed E-state index contributed by atoms with van der Waals surface area (Å²) in [5, 5.41) is 0. The highest BCUT2D eigenvalue weighted by Crippen LogP contribution is 2.40. The highest BCUT2D eigenvalue weighted by Gasteiger charge is 2.45. The molecule has 0 aliphatic carbocycles. The Balaban J connectivity index is 2.32. The Kier molecular flexibility index (Phi) is 8.68. The monoisotopic (exact) mass is 626 g/mol. The van der Waals surface area contributed by atoms with E-state index < -0.39 is 91.8 Å². The maximum atomic E-state index is 15.8. The van der Waals surface area contributed by atoms with Crippen LogP contribution in [0.3, 0.4) is 0 Å². The molecule has 0 spiro atoms. The highest BCUT2D eigenvalue weighted by atomic mass is 19.2. The molecule has 0 radical (unpaired) electrons. The molecule has 1 nitrogen and oxygen atoms in total. The van der Waals surface area contributed by atoms with Crippen molar-refractivity contribution in [1.82, 2.24) is 4.90 Å². The standard InChI is InChI=1S/C32H27BF10N/c1-17(16-44-31(2,3)13-9-14-32(44,4)5)33(15-12-18-10-7-6-8-11-18,19-21(34)25(38)29(42)26(39)22(19)35)20-23(36)27(40)30(43)28(41)24(20)37/h6-8,10-11,16H,9,13-14H2,1-5H3/q-1/b17-16-. The van der Waals surface area contributed by atoms with Gasteiger partial charge < -0.3 is 4.90 Å². The lowest BCUT2D eigenvalue weighted by atomic mass is 9.15. The largest absolute Gasteiger partial charge is 0.371 e. The van der Waals surface area contributed by atoms with E-state index in [9.17, 15) is 26.3 Å². The number of benzene rings is 3. The van der Waals surface area contributed by atoms with Crippen LogP contribution in [0.5, 0.6) is 0 Å². The van der Waals surface area contributed by atoms with E-state index in [4.69, 9.17) is 0 Å². The number of allylic oxidation sites excluding steroid dienone is 1. The van der Waals surface area contributed by atoms with E-state index >= 15 is 17.6 Å². The first-order chi connectivity index (χ1) is 20.4. The van der Waals surface area contributed by atoms with Gasteiger partial charge in [0.1, 0.15) is 23.3 Å². The van der Waals surface area contributed by atoms with Crippen molar-refractivity contribution in [3.05, 3.63) is 106 Å². The number of halogens is 10. The van der Waals surface area contributed by atoms with E-state index in [1.165, 1.54) is 30.5 Å². The maximum Gasteiger partial charge on any atom is 0.200 e. The summed E-state index contributed by atoms with van der Waals surface area (Å²) < 4.78 is 151. The fourth-order valence-electron chi connectivity index (χ4n) is 6.25. The van der Waals surface area contributed by atoms with Crippen LogP contribution in [-0.2, 0) is 0 Å². The van der Waals surface area contributed by atoms with Crippen molar-refractivity contribution >= 4 is 17.1 Å². The van der Waals surface area contributed by atoms with Crippen molar-refractivity contribution in [2.24, 2.45) is 0 Å². The smallest absolute Gasteiger partial charge is 0.200 e. The lowest BCUT2D eigenvalue weighted by Gasteiger charge is -2.54. The van der Waals surface area contributed by atoms with Gasteiger partial charge in [0.15, 0.2) is 41.0 Å². The number of piperidine rings is 1. The summed E-state index contributed by atoms with van der Waals surface area (Å²) in [6, 6.07) is 7.22. The third-order valence-corrected chi connectivity index (χ3v) is 8.46. The van der Waals surface area contributed by atoms with Crippen LogP contribution in [0.4, 0.5) is 43.9 Å². The SMILES string of the molecule is C/C(=C/N1C(C)(C)CCCC1(C)C)[B-](C#Cc1ccccc1)(c1c(F)c(F)c(F)c(F)c1F)c1c(F)c(F)c(F)c(F)c1F. The van der Waals surface area contributed by atoms with Gasteiger partial charge in [-0.15, -0.1) is 16.8 Å². The lowest BCUT2D eigenvalue weighted by molar-refractivity contribution is 0.0187. The van der Waals surface area contributed by atoms with Crippen LogP contribution in [0.2, 0.25) is 0 Å². The van der Waals surface area contributed by atoms with Crippen LogP contribution in [0.15, 0.2) is 42.0 Å². The van der Waals surface area contributed by atoms with Gasteiger partial charge in [-0.2, -0.15) is 5.47 Å². The molecular formula is C32H27BF10N-. The van der Waals surface area contributed by atoms with Gasteiger partial charge in [-0.1, -0.05) is 25.1 Å². The summed E-state index contributed by atoms with van der Waals surface area (Å²) in [4.78, 5) is 1.68. The van der Waals surface area contributed by atoms with E-state index in [1.807, 2.05) is 0 Å². The van der Waals surface area contributed by atoms with Crippen molar-refractivity contribution in [3.8, 4) is 11.7 Å². The molecule has 1 heterocycles. The molecule has 0 bridgehead atoms. The van der Waals surface area contributed by atoms with Gasteiger partial charge in [-0.05, 0) is 65.3 Å². The first-order valence-electron chi connectivity index (χ1n) is 13.7. The second-order valence-corrected chi connectivity index (χ2v) is 12.2. The average molecular weight is 626 g/mol. The first-order valence-corrected chi connectivity index (χ1v) is 13.7. The zero-order valence-corrected chi connectivity index (χ0v) is 24.4. The lowest BCUT2D eigenvalue weighted by Crippen LogP contribution is -2.65. The highest BCUT2D eigenvalue weighted by molar-refractivity contribution is 7.13. The molecule has 3 aromatic rings. The Labute approximate surface area is 248 Å². The molecule has 12 heteroatoms. The van der Waals surface area contributed by atoms with E-state index in [0.717, 1.165) is 13.3 Å². The quantitative estimate of drug-likeness (QED) is 0.0943. The number of hydrogen-bond acceptors (Lipinski definition) is 1. The Morgan fingerprint density at radius 2 is 1.00 bits per heavy atom. The maximum absolute atomic E-state index is 15.8. The molecule has 0 N–H and O–H groups in total. The molecule has 0 amide bonds. The molecule has 0 saturated carbocycles. The molecule has 0 atom stereocenters. The van der Waals surface area contributed by atoms with Gasteiger partial charge in [-0.25, -0.2) is 43.9 Å². The van der Waals surface area contributed by atoms with Crippen molar-refractivity contribution in [1.29, 1.82) is 0 Å². The second kappa shape index (κ2) is 11.6. The van der Waals surface area contributed by atoms with Crippen molar-refractivity contribution in [3.63, 3.8) is 0 Å². The van der Waals surface area contributed by atoms with Gasteiger partial charge in [0.2, 0.25) is 0 Å². The van der Waals surface area contributed by atoms with E-state index in [2.05, 4.69) is 11.7 Å². The number of likely N-dealkylation sites (tertiary alicyclic amines) is 1. The summed E-state index contributed by atoms with van der Waals surface area (Å²) in [6.45, 7) is 8.21. The molecule has 0 unspecified atom stereocenters. The van der Waals surface area contributed by atoms with Crippen LogP contribution >= 0.6 is 0 Å². The molecule has 0 aromatic heterocycles. The van der Waals surface area contributed by atoms with E-state index in [-0.39, 0.29) is 5.56 Å². The number of nitrogens with zero attached hydrogens (tertiary/aromatic N) is 1. The summed E-state index contributed by atoms with van der Waals surface area (Å²) in [5.41, 5.74) is -5.60. The van der Waals surface area contributed by atoms with Crippen molar-refractivity contribution in [2.75, 3.05) is 0 Å². The fourth-order valence-corrected chi connectivity index (χ4v) is 6.25. The van der Waals surface area contributed by atoms with Crippen LogP contribution in [0.1, 0.15) is 59.4 Å². The van der Waals surface area contributed by atoms with Crippen LogP contribution in [0.25, 0.3) is 0 Å². The average Bonchev–Trinajstić information content (AvgIpc) is 2.97. The minimum absolute atomic E-state index is 0.0536.